The Morgan fingerprint density at radius 1 is 1.25 bits per heavy atom. The highest BCUT2D eigenvalue weighted by Gasteiger charge is 2.60. The van der Waals surface area contributed by atoms with Crippen molar-refractivity contribution in [2.24, 2.45) is 16.8 Å². The smallest absolute Gasteiger partial charge is 0.256 e. The van der Waals surface area contributed by atoms with Gasteiger partial charge in [0.15, 0.2) is 0 Å². The normalized spacial score (nSPS) is 32.0. The van der Waals surface area contributed by atoms with Gasteiger partial charge in [-0.1, -0.05) is 6.92 Å². The van der Waals surface area contributed by atoms with Crippen LogP contribution in [0.4, 0.5) is 5.95 Å². The molecule has 1 aromatic heterocycles. The molecule has 1 amide bonds. The summed E-state index contributed by atoms with van der Waals surface area (Å²) in [6.07, 6.45) is 6.50. The van der Waals surface area contributed by atoms with Crippen LogP contribution in [0.25, 0.3) is 0 Å². The number of aliphatic imine (C=N–C) groups is 1. The van der Waals surface area contributed by atoms with Crippen molar-refractivity contribution in [2.75, 3.05) is 24.5 Å². The molecular weight excluding hydrogens is 302 g/mol. The second kappa shape index (κ2) is 5.53. The molecule has 3 heterocycles. The first-order valence-electron chi connectivity index (χ1n) is 9.03. The van der Waals surface area contributed by atoms with Gasteiger partial charge in [0.05, 0.1) is 0 Å². The molecule has 3 atom stereocenters. The monoisotopic (exact) mass is 327 g/mol. The molecule has 1 aliphatic carbocycles. The van der Waals surface area contributed by atoms with Crippen molar-refractivity contribution in [3.05, 3.63) is 18.0 Å². The highest BCUT2D eigenvalue weighted by Crippen LogP contribution is 2.50. The summed E-state index contributed by atoms with van der Waals surface area (Å²) >= 11 is 0. The molecule has 0 unspecified atom stereocenters. The number of likely N-dealkylation sites (N-methyl/N-ethyl adjacent to an activating group) is 1. The molecule has 2 aliphatic heterocycles. The number of anilines is 1. The summed E-state index contributed by atoms with van der Waals surface area (Å²) in [6.45, 7) is 8.60. The lowest BCUT2D eigenvalue weighted by molar-refractivity contribution is -0.132. The molecule has 1 saturated carbocycles. The van der Waals surface area contributed by atoms with Gasteiger partial charge >= 0.3 is 0 Å². The summed E-state index contributed by atoms with van der Waals surface area (Å²) in [6, 6.07) is 0. The minimum atomic E-state index is -0.522. The number of aryl methyl sites for hydroxylation is 1. The van der Waals surface area contributed by atoms with E-state index in [0.717, 1.165) is 56.2 Å². The van der Waals surface area contributed by atoms with Crippen LogP contribution >= 0.6 is 0 Å². The Labute approximate surface area is 143 Å². The van der Waals surface area contributed by atoms with Crippen LogP contribution in [0.2, 0.25) is 0 Å². The minimum absolute atomic E-state index is 0.223. The number of fused-ring (bicyclic) bond motifs is 2. The summed E-state index contributed by atoms with van der Waals surface area (Å²) in [5, 5.41) is 0. The first kappa shape index (κ1) is 15.5. The Balaban J connectivity index is 1.62. The lowest BCUT2D eigenvalue weighted by atomic mass is 9.85. The van der Waals surface area contributed by atoms with E-state index in [1.165, 1.54) is 0 Å². The van der Waals surface area contributed by atoms with Crippen molar-refractivity contribution >= 4 is 17.7 Å². The Morgan fingerprint density at radius 2 is 2.00 bits per heavy atom. The maximum Gasteiger partial charge on any atom is 0.256 e. The third kappa shape index (κ3) is 2.08. The average Bonchev–Trinajstić information content (AvgIpc) is 3.23. The van der Waals surface area contributed by atoms with Crippen LogP contribution < -0.4 is 4.90 Å². The highest BCUT2D eigenvalue weighted by atomic mass is 16.2. The highest BCUT2D eigenvalue weighted by molar-refractivity contribution is 6.08. The first-order chi connectivity index (χ1) is 11.6. The van der Waals surface area contributed by atoms with Crippen molar-refractivity contribution in [3.8, 4) is 0 Å². The summed E-state index contributed by atoms with van der Waals surface area (Å²) < 4.78 is 0. The Bertz CT molecular complexity index is 685. The second-order valence-electron chi connectivity index (χ2n) is 7.23. The number of amides is 1. The maximum atomic E-state index is 13.1. The van der Waals surface area contributed by atoms with E-state index in [-0.39, 0.29) is 11.8 Å². The molecule has 4 rings (SSSR count). The van der Waals surface area contributed by atoms with Crippen molar-refractivity contribution in [1.82, 2.24) is 14.9 Å². The van der Waals surface area contributed by atoms with Gasteiger partial charge in [0.1, 0.15) is 11.4 Å². The summed E-state index contributed by atoms with van der Waals surface area (Å²) in [4.78, 5) is 31.2. The van der Waals surface area contributed by atoms with Crippen LogP contribution in [0.1, 0.15) is 38.7 Å². The van der Waals surface area contributed by atoms with Gasteiger partial charge in [-0.05, 0) is 38.2 Å². The van der Waals surface area contributed by atoms with Crippen molar-refractivity contribution in [1.29, 1.82) is 0 Å². The van der Waals surface area contributed by atoms with Gasteiger partial charge in [0.25, 0.3) is 5.91 Å². The molecule has 24 heavy (non-hydrogen) atoms. The fourth-order valence-electron chi connectivity index (χ4n) is 4.70. The molecule has 6 heteroatoms. The third-order valence-corrected chi connectivity index (χ3v) is 5.89. The molecule has 0 bridgehead atoms. The van der Waals surface area contributed by atoms with E-state index in [9.17, 15) is 4.79 Å². The van der Waals surface area contributed by atoms with Gasteiger partial charge in [-0.25, -0.2) is 9.97 Å². The molecule has 0 radical (unpaired) electrons. The first-order valence-corrected chi connectivity index (χ1v) is 9.03. The number of hydrogen-bond acceptors (Lipinski definition) is 5. The Hall–Kier alpha value is -1.98. The topological polar surface area (TPSA) is 61.7 Å². The largest absolute Gasteiger partial charge is 0.340 e. The molecule has 1 saturated heterocycles. The van der Waals surface area contributed by atoms with E-state index >= 15 is 0 Å². The van der Waals surface area contributed by atoms with Gasteiger partial charge in [0, 0.05) is 44.4 Å². The van der Waals surface area contributed by atoms with Crippen LogP contribution in [-0.2, 0) is 4.79 Å². The zero-order chi connectivity index (χ0) is 16.9. The zero-order valence-corrected chi connectivity index (χ0v) is 14.7. The minimum Gasteiger partial charge on any atom is -0.340 e. The fraction of sp³-hybridized carbons (Fsp3) is 0.667. The van der Waals surface area contributed by atoms with E-state index in [0.29, 0.717) is 5.92 Å². The van der Waals surface area contributed by atoms with Gasteiger partial charge < -0.3 is 4.90 Å². The molecule has 2 fully saturated rings. The van der Waals surface area contributed by atoms with Crippen LogP contribution in [0.3, 0.4) is 0 Å². The van der Waals surface area contributed by atoms with Crippen LogP contribution in [0.5, 0.6) is 0 Å². The average molecular weight is 327 g/mol. The third-order valence-electron chi connectivity index (χ3n) is 5.89. The van der Waals surface area contributed by atoms with Gasteiger partial charge in [-0.15, -0.1) is 0 Å². The summed E-state index contributed by atoms with van der Waals surface area (Å²) in [7, 11) is 0. The number of nitrogens with zero attached hydrogens (tertiary/aromatic N) is 5. The summed E-state index contributed by atoms with van der Waals surface area (Å²) in [5.41, 5.74) is 0.544. The Morgan fingerprint density at radius 3 is 2.62 bits per heavy atom. The van der Waals surface area contributed by atoms with E-state index in [1.54, 1.807) is 0 Å². The van der Waals surface area contributed by atoms with Gasteiger partial charge in [-0.3, -0.25) is 14.7 Å². The predicted octanol–water partition coefficient (Wildman–Crippen LogP) is 2.04. The standard InChI is InChI=1S/C18H25N5O/c1-4-15-21-18(16(24)23(15)5-2)7-6-13-10-22(11-14(13)18)17-19-8-12(3)9-20-17/h8-9,13-14H,4-7,10-11H2,1-3H3/t13-,14+,18-/m0/s1. The van der Waals surface area contributed by atoms with E-state index < -0.39 is 5.54 Å². The lowest BCUT2D eigenvalue weighted by Gasteiger charge is -2.27. The van der Waals surface area contributed by atoms with Crippen LogP contribution in [-0.4, -0.2) is 51.8 Å². The van der Waals surface area contributed by atoms with E-state index in [2.05, 4.69) is 21.8 Å². The molecule has 0 N–H and O–H groups in total. The number of aromatic nitrogens is 2. The molecule has 128 valence electrons. The second-order valence-corrected chi connectivity index (χ2v) is 7.23. The van der Waals surface area contributed by atoms with Gasteiger partial charge in [-0.2, -0.15) is 0 Å². The SMILES string of the molecule is CCC1=N[C@]2(CC[C@H]3CN(c4ncc(C)cn4)C[C@H]32)C(=O)N1CC. The van der Waals surface area contributed by atoms with Crippen molar-refractivity contribution < 1.29 is 4.79 Å². The van der Waals surface area contributed by atoms with Crippen molar-refractivity contribution in [3.63, 3.8) is 0 Å². The Kier molecular flexibility index (Phi) is 3.58. The molecule has 3 aliphatic rings. The predicted molar refractivity (Wildman–Crippen MR) is 93.0 cm³/mol. The summed E-state index contributed by atoms with van der Waals surface area (Å²) in [5.74, 6) is 2.77. The quantitative estimate of drug-likeness (QED) is 0.852. The van der Waals surface area contributed by atoms with Crippen LogP contribution in [0, 0.1) is 18.8 Å². The van der Waals surface area contributed by atoms with E-state index in [4.69, 9.17) is 4.99 Å². The molecule has 6 nitrogen and oxygen atoms in total. The fourth-order valence-corrected chi connectivity index (χ4v) is 4.70. The maximum absolute atomic E-state index is 13.1. The number of amidine groups is 1. The van der Waals surface area contributed by atoms with Crippen molar-refractivity contribution in [2.45, 2.75) is 45.6 Å². The number of carbonyl (C=O) groups is 1. The molecule has 1 aromatic rings. The number of hydrogen-bond donors (Lipinski definition) is 0. The van der Waals surface area contributed by atoms with Gasteiger partial charge in [0.2, 0.25) is 5.95 Å². The molecular formula is C18H25N5O. The lowest BCUT2D eigenvalue weighted by Crippen LogP contribution is -2.46. The van der Waals surface area contributed by atoms with Crippen LogP contribution in [0.15, 0.2) is 17.4 Å². The molecule has 1 spiro atoms. The van der Waals surface area contributed by atoms with E-state index in [1.807, 2.05) is 31.1 Å². The number of rotatable bonds is 3. The zero-order valence-electron chi connectivity index (χ0n) is 14.7. The molecule has 0 aromatic carbocycles. The number of carbonyl (C=O) groups excluding carboxylic acids is 1.